The van der Waals surface area contributed by atoms with E-state index in [1.165, 1.54) is 45.1 Å². The van der Waals surface area contributed by atoms with Gasteiger partial charge in [-0.05, 0) is 38.6 Å². The van der Waals surface area contributed by atoms with Crippen molar-refractivity contribution in [1.82, 2.24) is 10.2 Å². The standard InChI is InChI=1S/C17H32N2O2/c1-3-8-18-14-10-15-5-4-6-16(11-14)19(15)12-17(20-2)7-9-21-13-17/h14-16,18H,3-13H2,1-2H3. The van der Waals surface area contributed by atoms with Gasteiger partial charge in [-0.15, -0.1) is 0 Å². The Morgan fingerprint density at radius 3 is 2.62 bits per heavy atom. The van der Waals surface area contributed by atoms with Gasteiger partial charge in [0.1, 0.15) is 5.60 Å². The lowest BCUT2D eigenvalue weighted by Gasteiger charge is -2.51. The van der Waals surface area contributed by atoms with Crippen molar-refractivity contribution >= 4 is 0 Å². The number of nitrogens with zero attached hydrogens (tertiary/aromatic N) is 1. The molecule has 3 saturated heterocycles. The summed E-state index contributed by atoms with van der Waals surface area (Å²) in [4.78, 5) is 2.77. The van der Waals surface area contributed by atoms with E-state index in [4.69, 9.17) is 9.47 Å². The Balaban J connectivity index is 1.63. The second-order valence-corrected chi connectivity index (χ2v) is 7.22. The van der Waals surface area contributed by atoms with Gasteiger partial charge >= 0.3 is 0 Å². The number of nitrogens with one attached hydrogen (secondary N) is 1. The van der Waals surface area contributed by atoms with Crippen LogP contribution in [0.3, 0.4) is 0 Å². The van der Waals surface area contributed by atoms with Gasteiger partial charge in [0.2, 0.25) is 0 Å². The lowest BCUT2D eigenvalue weighted by Crippen LogP contribution is -2.60. The summed E-state index contributed by atoms with van der Waals surface area (Å²) in [5.41, 5.74) is -0.0441. The summed E-state index contributed by atoms with van der Waals surface area (Å²) < 4.78 is 11.5. The van der Waals surface area contributed by atoms with E-state index < -0.39 is 0 Å². The number of methoxy groups -OCH3 is 1. The summed E-state index contributed by atoms with van der Waals surface area (Å²) in [7, 11) is 1.86. The van der Waals surface area contributed by atoms with E-state index in [9.17, 15) is 0 Å². The number of hydrogen-bond acceptors (Lipinski definition) is 4. The van der Waals surface area contributed by atoms with Gasteiger partial charge < -0.3 is 14.8 Å². The minimum Gasteiger partial charge on any atom is -0.378 e. The van der Waals surface area contributed by atoms with Crippen molar-refractivity contribution < 1.29 is 9.47 Å². The van der Waals surface area contributed by atoms with Gasteiger partial charge in [-0.1, -0.05) is 13.3 Å². The molecule has 3 fully saturated rings. The van der Waals surface area contributed by atoms with Crippen LogP contribution in [0.25, 0.3) is 0 Å². The molecule has 3 atom stereocenters. The van der Waals surface area contributed by atoms with Gasteiger partial charge in [0, 0.05) is 44.8 Å². The van der Waals surface area contributed by atoms with Gasteiger partial charge in [0.25, 0.3) is 0 Å². The number of fused-ring (bicyclic) bond motifs is 2. The zero-order valence-corrected chi connectivity index (χ0v) is 13.8. The topological polar surface area (TPSA) is 33.7 Å². The monoisotopic (exact) mass is 296 g/mol. The van der Waals surface area contributed by atoms with Gasteiger partial charge in [0.05, 0.1) is 6.61 Å². The fourth-order valence-corrected chi connectivity index (χ4v) is 4.52. The van der Waals surface area contributed by atoms with E-state index >= 15 is 0 Å². The number of ether oxygens (including phenoxy) is 2. The molecule has 4 nitrogen and oxygen atoms in total. The molecule has 0 aromatic heterocycles. The highest BCUT2D eigenvalue weighted by Gasteiger charge is 2.44. The molecule has 3 aliphatic heterocycles. The van der Waals surface area contributed by atoms with Crippen LogP contribution in [0.1, 0.15) is 51.9 Å². The van der Waals surface area contributed by atoms with Gasteiger partial charge in [-0.2, -0.15) is 0 Å². The first-order valence-corrected chi connectivity index (χ1v) is 8.88. The number of rotatable bonds is 6. The van der Waals surface area contributed by atoms with Crippen LogP contribution in [0.5, 0.6) is 0 Å². The van der Waals surface area contributed by atoms with E-state index in [1.807, 2.05) is 7.11 Å². The molecule has 21 heavy (non-hydrogen) atoms. The van der Waals surface area contributed by atoms with Crippen molar-refractivity contribution in [2.24, 2.45) is 0 Å². The molecule has 2 bridgehead atoms. The fourth-order valence-electron chi connectivity index (χ4n) is 4.52. The van der Waals surface area contributed by atoms with E-state index in [0.717, 1.165) is 44.3 Å². The first-order valence-electron chi connectivity index (χ1n) is 8.88. The summed E-state index contributed by atoms with van der Waals surface area (Å²) in [5, 5.41) is 3.75. The molecule has 4 heteroatoms. The van der Waals surface area contributed by atoms with Crippen LogP contribution in [0.4, 0.5) is 0 Å². The van der Waals surface area contributed by atoms with Crippen molar-refractivity contribution in [3.05, 3.63) is 0 Å². The summed E-state index contributed by atoms with van der Waals surface area (Å²) in [5.74, 6) is 0. The van der Waals surface area contributed by atoms with Crippen molar-refractivity contribution in [3.8, 4) is 0 Å². The SMILES string of the molecule is CCCNC1CC2CCCC(C1)N2CC1(OC)CCOC1. The predicted molar refractivity (Wildman–Crippen MR) is 84.6 cm³/mol. The second-order valence-electron chi connectivity index (χ2n) is 7.22. The van der Waals surface area contributed by atoms with Crippen molar-refractivity contribution in [3.63, 3.8) is 0 Å². The Hall–Kier alpha value is -0.160. The van der Waals surface area contributed by atoms with Crippen molar-refractivity contribution in [2.75, 3.05) is 33.4 Å². The van der Waals surface area contributed by atoms with Crippen LogP contribution in [0.15, 0.2) is 0 Å². The van der Waals surface area contributed by atoms with Gasteiger partial charge in [-0.3, -0.25) is 4.90 Å². The molecule has 0 aliphatic carbocycles. The molecule has 0 radical (unpaired) electrons. The molecular weight excluding hydrogens is 264 g/mol. The summed E-state index contributed by atoms with van der Waals surface area (Å²) in [6.07, 6.45) is 9.05. The number of piperidine rings is 2. The lowest BCUT2D eigenvalue weighted by molar-refractivity contribution is -0.0800. The summed E-state index contributed by atoms with van der Waals surface area (Å²) in [6.45, 7) is 6.12. The number of hydrogen-bond donors (Lipinski definition) is 1. The summed E-state index contributed by atoms with van der Waals surface area (Å²) >= 11 is 0. The zero-order valence-electron chi connectivity index (χ0n) is 13.8. The molecule has 0 aromatic carbocycles. The minimum atomic E-state index is -0.0441. The first-order chi connectivity index (χ1) is 10.3. The van der Waals surface area contributed by atoms with Gasteiger partial charge in [-0.25, -0.2) is 0 Å². The van der Waals surface area contributed by atoms with Crippen LogP contribution < -0.4 is 5.32 Å². The van der Waals surface area contributed by atoms with E-state index in [2.05, 4.69) is 17.1 Å². The van der Waals surface area contributed by atoms with Gasteiger partial charge in [0.15, 0.2) is 0 Å². The molecule has 0 amide bonds. The highest BCUT2D eigenvalue weighted by Crippen LogP contribution is 2.37. The molecule has 1 N–H and O–H groups in total. The van der Waals surface area contributed by atoms with E-state index in [-0.39, 0.29) is 5.60 Å². The molecule has 0 saturated carbocycles. The third kappa shape index (κ3) is 3.44. The highest BCUT2D eigenvalue weighted by molar-refractivity contribution is 4.99. The third-order valence-electron chi connectivity index (χ3n) is 5.78. The van der Waals surface area contributed by atoms with Crippen LogP contribution in [0.2, 0.25) is 0 Å². The van der Waals surface area contributed by atoms with Crippen molar-refractivity contribution in [2.45, 2.75) is 75.6 Å². The molecule has 3 heterocycles. The maximum atomic E-state index is 5.88. The normalized spacial score (nSPS) is 40.6. The molecule has 122 valence electrons. The van der Waals surface area contributed by atoms with E-state index in [1.54, 1.807) is 0 Å². The van der Waals surface area contributed by atoms with Crippen LogP contribution >= 0.6 is 0 Å². The predicted octanol–water partition coefficient (Wildman–Crippen LogP) is 2.18. The van der Waals surface area contributed by atoms with E-state index in [0.29, 0.717) is 0 Å². The third-order valence-corrected chi connectivity index (χ3v) is 5.78. The maximum Gasteiger partial charge on any atom is 0.106 e. The maximum absolute atomic E-state index is 5.88. The second kappa shape index (κ2) is 6.95. The molecule has 3 rings (SSSR count). The Bertz CT molecular complexity index is 317. The van der Waals surface area contributed by atoms with Crippen LogP contribution in [-0.4, -0.2) is 62.0 Å². The Labute approximate surface area is 129 Å². The Morgan fingerprint density at radius 2 is 2.05 bits per heavy atom. The van der Waals surface area contributed by atoms with Crippen molar-refractivity contribution in [1.29, 1.82) is 0 Å². The lowest BCUT2D eigenvalue weighted by atomic mass is 9.80. The zero-order chi connectivity index (χ0) is 14.7. The highest BCUT2D eigenvalue weighted by atomic mass is 16.5. The summed E-state index contributed by atoms with van der Waals surface area (Å²) in [6, 6.07) is 2.23. The van der Waals surface area contributed by atoms with Crippen LogP contribution in [-0.2, 0) is 9.47 Å². The quantitative estimate of drug-likeness (QED) is 0.814. The largest absolute Gasteiger partial charge is 0.378 e. The molecular formula is C17H32N2O2. The van der Waals surface area contributed by atoms with Crippen LogP contribution in [0, 0.1) is 0 Å². The Morgan fingerprint density at radius 1 is 1.29 bits per heavy atom. The molecule has 0 spiro atoms. The molecule has 0 aromatic rings. The smallest absolute Gasteiger partial charge is 0.106 e. The first kappa shape index (κ1) is 15.7. The molecule has 3 unspecified atom stereocenters. The fraction of sp³-hybridized carbons (Fsp3) is 1.00. The average Bonchev–Trinajstić information content (AvgIpc) is 2.94. The Kier molecular flexibility index (Phi) is 5.20. The average molecular weight is 296 g/mol. The molecule has 3 aliphatic rings. The minimum absolute atomic E-state index is 0.0441.